The van der Waals surface area contributed by atoms with Gasteiger partial charge in [-0.1, -0.05) is 30.7 Å². The van der Waals surface area contributed by atoms with Crippen LogP contribution in [0.25, 0.3) is 0 Å². The lowest BCUT2D eigenvalue weighted by Gasteiger charge is -2.15. The van der Waals surface area contributed by atoms with Gasteiger partial charge >= 0.3 is 5.95 Å². The Kier molecular flexibility index (Phi) is 4.43. The average Bonchev–Trinajstić information content (AvgIpc) is 2.67. The Balaban J connectivity index is 1.84. The van der Waals surface area contributed by atoms with Crippen LogP contribution in [0, 0.1) is 10.1 Å². The van der Waals surface area contributed by atoms with E-state index < -0.39 is 10.9 Å². The predicted octanol–water partition coefficient (Wildman–Crippen LogP) is 1.03. The molecule has 19 heavy (non-hydrogen) atoms. The molecule has 1 aromatic rings. The lowest BCUT2D eigenvalue weighted by molar-refractivity contribution is -0.394. The first-order valence-electron chi connectivity index (χ1n) is 6.48. The number of hydrogen-bond acceptors (Lipinski definition) is 5. The third-order valence-corrected chi connectivity index (χ3v) is 3.21. The number of nitro groups is 1. The van der Waals surface area contributed by atoms with E-state index in [0.29, 0.717) is 0 Å². The van der Waals surface area contributed by atoms with Crippen molar-refractivity contribution in [2.24, 2.45) is 0 Å². The summed E-state index contributed by atoms with van der Waals surface area (Å²) < 4.78 is 1.18. The SMILES string of the molecule is O=C(Cn1cnc([N+](=O)[O-])n1)NC1CCCCCC1. The maximum Gasteiger partial charge on any atom is 0.490 e. The molecule has 0 unspecified atom stereocenters. The van der Waals surface area contributed by atoms with E-state index in [9.17, 15) is 14.9 Å². The molecule has 1 aromatic heterocycles. The molecule has 0 bridgehead atoms. The Morgan fingerprint density at radius 3 is 2.68 bits per heavy atom. The van der Waals surface area contributed by atoms with Crippen molar-refractivity contribution in [3.05, 3.63) is 16.4 Å². The van der Waals surface area contributed by atoms with Gasteiger partial charge in [-0.15, -0.1) is 0 Å². The van der Waals surface area contributed by atoms with Gasteiger partial charge in [0.05, 0.1) is 0 Å². The lowest BCUT2D eigenvalue weighted by Crippen LogP contribution is -2.36. The highest BCUT2D eigenvalue weighted by molar-refractivity contribution is 5.75. The first-order chi connectivity index (χ1) is 9.15. The van der Waals surface area contributed by atoms with Crippen molar-refractivity contribution in [1.29, 1.82) is 0 Å². The van der Waals surface area contributed by atoms with Crippen LogP contribution >= 0.6 is 0 Å². The fourth-order valence-electron chi connectivity index (χ4n) is 2.29. The minimum Gasteiger partial charge on any atom is -0.390 e. The molecule has 1 amide bonds. The van der Waals surface area contributed by atoms with Gasteiger partial charge in [-0.3, -0.25) is 4.79 Å². The first kappa shape index (κ1) is 13.4. The standard InChI is InChI=1S/C11H17N5O3/c17-10(13-9-5-3-1-2-4-6-9)7-15-8-12-11(14-15)16(18)19/h8-9H,1-7H2,(H,13,17). The molecule has 1 N–H and O–H groups in total. The molecule has 0 atom stereocenters. The van der Waals surface area contributed by atoms with E-state index >= 15 is 0 Å². The molecule has 1 fully saturated rings. The third-order valence-electron chi connectivity index (χ3n) is 3.21. The number of amides is 1. The summed E-state index contributed by atoms with van der Waals surface area (Å²) in [5.41, 5.74) is 0. The van der Waals surface area contributed by atoms with Crippen LogP contribution in [-0.4, -0.2) is 31.6 Å². The summed E-state index contributed by atoms with van der Waals surface area (Å²) in [5, 5.41) is 17.0. The van der Waals surface area contributed by atoms with Gasteiger partial charge in [0.1, 0.15) is 6.54 Å². The van der Waals surface area contributed by atoms with Crippen molar-refractivity contribution < 1.29 is 9.72 Å². The quantitative estimate of drug-likeness (QED) is 0.498. The second-order valence-electron chi connectivity index (χ2n) is 4.76. The molecule has 0 aromatic carbocycles. The summed E-state index contributed by atoms with van der Waals surface area (Å²) in [6, 6.07) is 0.216. The van der Waals surface area contributed by atoms with Crippen molar-refractivity contribution in [3.63, 3.8) is 0 Å². The predicted molar refractivity (Wildman–Crippen MR) is 66.3 cm³/mol. The van der Waals surface area contributed by atoms with Gasteiger partial charge in [0.25, 0.3) is 0 Å². The summed E-state index contributed by atoms with van der Waals surface area (Å²) in [7, 11) is 0. The third kappa shape index (κ3) is 4.01. The number of carbonyl (C=O) groups is 1. The van der Waals surface area contributed by atoms with Gasteiger partial charge in [-0.2, -0.15) is 4.68 Å². The molecular weight excluding hydrogens is 250 g/mol. The minimum atomic E-state index is -0.681. The van der Waals surface area contributed by atoms with Crippen LogP contribution in [0.5, 0.6) is 0 Å². The fourth-order valence-corrected chi connectivity index (χ4v) is 2.29. The lowest BCUT2D eigenvalue weighted by atomic mass is 10.1. The van der Waals surface area contributed by atoms with E-state index in [1.54, 1.807) is 0 Å². The number of nitrogens with zero attached hydrogens (tertiary/aromatic N) is 4. The van der Waals surface area contributed by atoms with Crippen LogP contribution in [-0.2, 0) is 11.3 Å². The molecule has 8 nitrogen and oxygen atoms in total. The Labute approximate surface area is 110 Å². The summed E-state index contributed by atoms with van der Waals surface area (Å²) in [4.78, 5) is 25.0. The molecule has 0 saturated heterocycles. The minimum absolute atomic E-state index is 0.0304. The Hall–Kier alpha value is -1.99. The van der Waals surface area contributed by atoms with Gasteiger partial charge in [-0.25, -0.2) is 0 Å². The maximum atomic E-state index is 11.8. The Bertz CT molecular complexity index is 451. The topological polar surface area (TPSA) is 103 Å². The van der Waals surface area contributed by atoms with E-state index in [2.05, 4.69) is 15.4 Å². The number of carbonyl (C=O) groups excluding carboxylic acids is 1. The largest absolute Gasteiger partial charge is 0.490 e. The van der Waals surface area contributed by atoms with Gasteiger partial charge in [0.15, 0.2) is 0 Å². The van der Waals surface area contributed by atoms with Crippen molar-refractivity contribution in [3.8, 4) is 0 Å². The van der Waals surface area contributed by atoms with E-state index in [4.69, 9.17) is 0 Å². The summed E-state index contributed by atoms with van der Waals surface area (Å²) >= 11 is 0. The highest BCUT2D eigenvalue weighted by Gasteiger charge is 2.18. The first-order valence-corrected chi connectivity index (χ1v) is 6.48. The smallest absolute Gasteiger partial charge is 0.390 e. The molecule has 0 spiro atoms. The zero-order chi connectivity index (χ0) is 13.7. The van der Waals surface area contributed by atoms with E-state index in [1.165, 1.54) is 23.9 Å². The van der Waals surface area contributed by atoms with E-state index in [-0.39, 0.29) is 18.5 Å². The maximum absolute atomic E-state index is 11.8. The second-order valence-corrected chi connectivity index (χ2v) is 4.76. The van der Waals surface area contributed by atoms with Gasteiger partial charge in [-0.05, 0) is 17.8 Å². The average molecular weight is 267 g/mol. The molecule has 1 heterocycles. The number of nitrogens with one attached hydrogen (secondary N) is 1. The Morgan fingerprint density at radius 1 is 1.42 bits per heavy atom. The molecule has 104 valence electrons. The molecule has 8 heteroatoms. The summed E-state index contributed by atoms with van der Waals surface area (Å²) in [5.74, 6) is -0.658. The van der Waals surface area contributed by atoms with Crippen LogP contribution in [0.4, 0.5) is 5.95 Å². The van der Waals surface area contributed by atoms with Crippen molar-refractivity contribution in [2.45, 2.75) is 51.1 Å². The van der Waals surface area contributed by atoms with Crippen LogP contribution in [0.3, 0.4) is 0 Å². The second kappa shape index (κ2) is 6.26. The molecular formula is C11H17N5O3. The molecule has 1 saturated carbocycles. The zero-order valence-corrected chi connectivity index (χ0v) is 10.6. The van der Waals surface area contributed by atoms with Crippen LogP contribution in [0.1, 0.15) is 38.5 Å². The van der Waals surface area contributed by atoms with Crippen molar-refractivity contribution in [1.82, 2.24) is 20.1 Å². The van der Waals surface area contributed by atoms with Crippen LogP contribution in [0.2, 0.25) is 0 Å². The molecule has 2 rings (SSSR count). The molecule has 0 aliphatic heterocycles. The fraction of sp³-hybridized carbons (Fsp3) is 0.727. The van der Waals surface area contributed by atoms with Crippen LogP contribution < -0.4 is 5.32 Å². The number of hydrogen-bond donors (Lipinski definition) is 1. The van der Waals surface area contributed by atoms with E-state index in [1.807, 2.05) is 0 Å². The van der Waals surface area contributed by atoms with Gasteiger partial charge < -0.3 is 15.4 Å². The number of rotatable bonds is 4. The summed E-state index contributed by atoms with van der Waals surface area (Å²) in [6.45, 7) is -0.0304. The van der Waals surface area contributed by atoms with Crippen molar-refractivity contribution >= 4 is 11.9 Å². The monoisotopic (exact) mass is 267 g/mol. The van der Waals surface area contributed by atoms with Crippen LogP contribution in [0.15, 0.2) is 6.33 Å². The Morgan fingerprint density at radius 2 is 2.11 bits per heavy atom. The molecule has 1 aliphatic carbocycles. The van der Waals surface area contributed by atoms with Gasteiger partial charge in [0, 0.05) is 11.1 Å². The highest BCUT2D eigenvalue weighted by Crippen LogP contribution is 2.17. The van der Waals surface area contributed by atoms with Crippen molar-refractivity contribution in [2.75, 3.05) is 0 Å². The van der Waals surface area contributed by atoms with E-state index in [0.717, 1.165) is 25.7 Å². The summed E-state index contributed by atoms with van der Waals surface area (Å²) in [6.07, 6.45) is 7.93. The zero-order valence-electron chi connectivity index (χ0n) is 10.6. The molecule has 1 aliphatic rings. The highest BCUT2D eigenvalue weighted by atomic mass is 16.6. The number of aromatic nitrogens is 3. The molecule has 0 radical (unpaired) electrons. The van der Waals surface area contributed by atoms with Gasteiger partial charge in [0.2, 0.25) is 12.2 Å². The normalized spacial score (nSPS) is 16.8.